The molecule has 0 bridgehead atoms. The smallest absolute Gasteiger partial charge is 0.306 e. The van der Waals surface area contributed by atoms with Crippen LogP contribution in [0.4, 0.5) is 0 Å². The number of aliphatic hydroxyl groups is 3. The summed E-state index contributed by atoms with van der Waals surface area (Å²) < 4.78 is 54.0. The van der Waals surface area contributed by atoms with Crippen LogP contribution in [0.2, 0.25) is 0 Å². The molecule has 2 unspecified atom stereocenters. The summed E-state index contributed by atoms with van der Waals surface area (Å²) in [4.78, 5) is 25.4. The van der Waals surface area contributed by atoms with Gasteiger partial charge in [-0.2, -0.15) is 8.42 Å². The first-order chi connectivity index (χ1) is 27.5. The number of rotatable bonds is 39. The van der Waals surface area contributed by atoms with Gasteiger partial charge in [-0.1, -0.05) is 167 Å². The molecule has 1 saturated heterocycles. The summed E-state index contributed by atoms with van der Waals surface area (Å²) in [5, 5.41) is 30.9. The Kier molecular flexibility index (Phi) is 33.0. The van der Waals surface area contributed by atoms with Gasteiger partial charge in [0.15, 0.2) is 12.4 Å². The SMILES string of the molecule is C=CCCCCCCCCCCCCCCCC(=O)O[C@H](COC(=O)CCCCCCCCCCCCCCCC)CO[C@H]1O[C@H](CS(=O)(=O)O)[C@@H](O)C(O)C1O. The van der Waals surface area contributed by atoms with Gasteiger partial charge in [-0.05, 0) is 25.7 Å². The van der Waals surface area contributed by atoms with Crippen LogP contribution in [0.3, 0.4) is 0 Å². The number of hydrogen-bond acceptors (Lipinski definition) is 11. The Balaban J connectivity index is 2.43. The number of carbonyl (C=O) groups is 2. The van der Waals surface area contributed by atoms with Crippen LogP contribution in [-0.4, -0.2) is 96.0 Å². The minimum Gasteiger partial charge on any atom is -0.462 e. The normalized spacial score (nSPS) is 20.3. The second-order valence-corrected chi connectivity index (χ2v) is 17.7. The van der Waals surface area contributed by atoms with Crippen molar-refractivity contribution in [2.24, 2.45) is 0 Å². The summed E-state index contributed by atoms with van der Waals surface area (Å²) in [5.74, 6) is -1.97. The van der Waals surface area contributed by atoms with Crippen molar-refractivity contribution in [1.29, 1.82) is 0 Å². The summed E-state index contributed by atoms with van der Waals surface area (Å²) in [6, 6.07) is 0. The molecule has 57 heavy (non-hydrogen) atoms. The molecule has 1 heterocycles. The lowest BCUT2D eigenvalue weighted by Gasteiger charge is -2.40. The highest BCUT2D eigenvalue weighted by atomic mass is 32.2. The molecule has 0 spiro atoms. The summed E-state index contributed by atoms with van der Waals surface area (Å²) in [6.45, 7) is 5.30. The predicted octanol–water partition coefficient (Wildman–Crippen LogP) is 9.06. The first-order valence-electron chi connectivity index (χ1n) is 22.7. The molecule has 1 rings (SSSR count). The van der Waals surface area contributed by atoms with Gasteiger partial charge >= 0.3 is 11.9 Å². The van der Waals surface area contributed by atoms with Crippen LogP contribution in [0, 0.1) is 0 Å². The van der Waals surface area contributed by atoms with E-state index < -0.39 is 71.2 Å². The summed E-state index contributed by atoms with van der Waals surface area (Å²) >= 11 is 0. The second kappa shape index (κ2) is 35.2. The van der Waals surface area contributed by atoms with Crippen LogP contribution in [0.15, 0.2) is 12.7 Å². The van der Waals surface area contributed by atoms with Crippen molar-refractivity contribution < 1.29 is 56.8 Å². The molecule has 0 radical (unpaired) electrons. The third-order valence-electron chi connectivity index (χ3n) is 10.7. The molecule has 0 saturated carbocycles. The third kappa shape index (κ3) is 30.1. The van der Waals surface area contributed by atoms with E-state index in [1.807, 2.05) is 6.08 Å². The molecular weight excluding hydrogens is 753 g/mol. The van der Waals surface area contributed by atoms with Gasteiger partial charge in [0.25, 0.3) is 10.1 Å². The summed E-state index contributed by atoms with van der Waals surface area (Å²) in [6.07, 6.45) is 25.7. The van der Waals surface area contributed by atoms with E-state index >= 15 is 0 Å². The van der Waals surface area contributed by atoms with Crippen molar-refractivity contribution in [1.82, 2.24) is 0 Å². The van der Waals surface area contributed by atoms with Crippen LogP contribution in [0.25, 0.3) is 0 Å². The zero-order valence-corrected chi connectivity index (χ0v) is 36.4. The van der Waals surface area contributed by atoms with Crippen molar-refractivity contribution in [3.63, 3.8) is 0 Å². The van der Waals surface area contributed by atoms with Gasteiger partial charge in [0.1, 0.15) is 36.8 Å². The first kappa shape index (κ1) is 53.4. The van der Waals surface area contributed by atoms with Gasteiger partial charge in [-0.15, -0.1) is 6.58 Å². The number of unbranched alkanes of at least 4 members (excludes halogenated alkanes) is 26. The molecule has 6 atom stereocenters. The highest BCUT2D eigenvalue weighted by molar-refractivity contribution is 7.85. The van der Waals surface area contributed by atoms with Crippen molar-refractivity contribution >= 4 is 22.1 Å². The van der Waals surface area contributed by atoms with Gasteiger partial charge in [-0.3, -0.25) is 14.1 Å². The van der Waals surface area contributed by atoms with E-state index in [9.17, 15) is 37.9 Å². The Labute approximate surface area is 346 Å². The lowest BCUT2D eigenvalue weighted by atomic mass is 10.00. The van der Waals surface area contributed by atoms with Crippen LogP contribution in [0.1, 0.15) is 200 Å². The van der Waals surface area contributed by atoms with Gasteiger partial charge in [0, 0.05) is 12.8 Å². The number of ether oxygens (including phenoxy) is 4. The van der Waals surface area contributed by atoms with Crippen molar-refractivity contribution in [3.8, 4) is 0 Å². The molecule has 1 fully saturated rings. The van der Waals surface area contributed by atoms with Gasteiger partial charge < -0.3 is 34.3 Å². The van der Waals surface area contributed by atoms with Crippen LogP contribution >= 0.6 is 0 Å². The molecule has 0 aromatic carbocycles. The quantitative estimate of drug-likeness (QED) is 0.0200. The Hall–Kier alpha value is -1.61. The lowest BCUT2D eigenvalue weighted by Crippen LogP contribution is -2.60. The Bertz CT molecular complexity index is 1100. The van der Waals surface area contributed by atoms with Crippen molar-refractivity contribution in [2.45, 2.75) is 236 Å². The fourth-order valence-electron chi connectivity index (χ4n) is 7.19. The molecule has 13 heteroatoms. The maximum atomic E-state index is 12.8. The van der Waals surface area contributed by atoms with Crippen LogP contribution < -0.4 is 0 Å². The molecule has 0 aromatic rings. The molecule has 0 aliphatic carbocycles. The van der Waals surface area contributed by atoms with E-state index in [0.717, 1.165) is 44.9 Å². The minimum absolute atomic E-state index is 0.167. The zero-order chi connectivity index (χ0) is 42.0. The highest BCUT2D eigenvalue weighted by Gasteiger charge is 2.46. The predicted molar refractivity (Wildman–Crippen MR) is 224 cm³/mol. The Morgan fingerprint density at radius 3 is 1.47 bits per heavy atom. The van der Waals surface area contributed by atoms with Crippen LogP contribution in [-0.2, 0) is 38.7 Å². The van der Waals surface area contributed by atoms with Crippen molar-refractivity contribution in [3.05, 3.63) is 12.7 Å². The van der Waals surface area contributed by atoms with Gasteiger partial charge in [0.2, 0.25) is 0 Å². The molecule has 1 aliphatic rings. The Morgan fingerprint density at radius 1 is 0.614 bits per heavy atom. The van der Waals surface area contributed by atoms with Gasteiger partial charge in [0.05, 0.1) is 6.61 Å². The van der Waals surface area contributed by atoms with Gasteiger partial charge in [-0.25, -0.2) is 0 Å². The average molecular weight is 835 g/mol. The fourth-order valence-corrected chi connectivity index (χ4v) is 7.88. The van der Waals surface area contributed by atoms with E-state index in [2.05, 4.69) is 13.5 Å². The number of esters is 2. The monoisotopic (exact) mass is 835 g/mol. The minimum atomic E-state index is -4.60. The number of hydrogen-bond donors (Lipinski definition) is 4. The molecule has 1 aliphatic heterocycles. The second-order valence-electron chi connectivity index (χ2n) is 16.2. The fraction of sp³-hybridized carbons (Fsp3) is 0.909. The lowest BCUT2D eigenvalue weighted by molar-refractivity contribution is -0.297. The summed E-state index contributed by atoms with van der Waals surface area (Å²) in [7, 11) is -4.60. The maximum absolute atomic E-state index is 12.8. The molecule has 0 amide bonds. The largest absolute Gasteiger partial charge is 0.462 e. The van der Waals surface area contributed by atoms with E-state index in [1.54, 1.807) is 0 Å². The topological polar surface area (TPSA) is 186 Å². The molecular formula is C44H82O12S. The molecule has 0 aromatic heterocycles. The van der Waals surface area contributed by atoms with E-state index in [1.165, 1.54) is 122 Å². The molecule has 336 valence electrons. The van der Waals surface area contributed by atoms with E-state index in [-0.39, 0.29) is 19.4 Å². The van der Waals surface area contributed by atoms with E-state index in [0.29, 0.717) is 12.8 Å². The van der Waals surface area contributed by atoms with E-state index in [4.69, 9.17) is 18.9 Å². The first-order valence-corrected chi connectivity index (χ1v) is 24.3. The zero-order valence-electron chi connectivity index (χ0n) is 35.5. The number of allylic oxidation sites excluding steroid dienone is 1. The summed E-state index contributed by atoms with van der Waals surface area (Å²) in [5.41, 5.74) is 0. The molecule has 12 nitrogen and oxygen atoms in total. The van der Waals surface area contributed by atoms with Crippen LogP contribution in [0.5, 0.6) is 0 Å². The standard InChI is InChI=1S/C44H82O12S/c1-3-5-7-9-11-13-15-17-19-21-23-25-27-29-31-33-40(46)55-37(35-54-44-43(49)42(48)41(47)38(56-44)36-57(50,51)52)34-53-39(45)32-30-28-26-24-22-20-18-16-14-12-10-8-6-4-2/h3,37-38,41-44,47-49H,1,4-36H2,2H3,(H,50,51,52)/t37-,38-,41-,42?,43?,44+/m1/s1. The molecule has 4 N–H and O–H groups in total. The number of aliphatic hydroxyl groups excluding tert-OH is 3. The Morgan fingerprint density at radius 2 is 1.04 bits per heavy atom. The third-order valence-corrected chi connectivity index (χ3v) is 11.5. The maximum Gasteiger partial charge on any atom is 0.306 e. The van der Waals surface area contributed by atoms with Crippen molar-refractivity contribution in [2.75, 3.05) is 19.0 Å². The average Bonchev–Trinajstić information content (AvgIpc) is 3.17. The highest BCUT2D eigenvalue weighted by Crippen LogP contribution is 2.24. The number of carbonyl (C=O) groups excluding carboxylic acids is 2.